The maximum atomic E-state index is 10.8. The van der Waals surface area contributed by atoms with E-state index in [0.29, 0.717) is 12.4 Å². The van der Waals surface area contributed by atoms with Gasteiger partial charge in [-0.25, -0.2) is 4.98 Å². The number of aryl methyl sites for hydroxylation is 1. The normalized spacial score (nSPS) is 10.9. The van der Waals surface area contributed by atoms with Gasteiger partial charge in [-0.15, -0.1) is 0 Å². The minimum absolute atomic E-state index is 0.662. The summed E-state index contributed by atoms with van der Waals surface area (Å²) in [6.45, 7) is 2.87. The van der Waals surface area contributed by atoms with Gasteiger partial charge in [-0.3, -0.25) is 9.69 Å². The first-order chi connectivity index (χ1) is 7.19. The van der Waals surface area contributed by atoms with E-state index in [1.165, 1.54) is 0 Å². The van der Waals surface area contributed by atoms with Crippen molar-refractivity contribution in [3.8, 4) is 0 Å². The largest absolute Gasteiger partial charge is 0.312 e. The molecule has 0 spiro atoms. The zero-order valence-corrected chi connectivity index (χ0v) is 9.73. The highest BCUT2D eigenvalue weighted by atomic mass is 16.1. The van der Waals surface area contributed by atoms with Crippen LogP contribution in [0.25, 0.3) is 0 Å². The van der Waals surface area contributed by atoms with Crippen LogP contribution in [0.5, 0.6) is 0 Å². The molecule has 0 N–H and O–H groups in total. The monoisotopic (exact) mass is 209 g/mol. The summed E-state index contributed by atoms with van der Waals surface area (Å²) in [6.07, 6.45) is 5.72. The summed E-state index contributed by atoms with van der Waals surface area (Å²) in [5.74, 6) is 1.01. The summed E-state index contributed by atoms with van der Waals surface area (Å²) in [7, 11) is 3.97. The average Bonchev–Trinajstić information content (AvgIpc) is 2.57. The Bertz CT molecular complexity index is 318. The Kier molecular flexibility index (Phi) is 4.49. The highest BCUT2D eigenvalue weighted by molar-refractivity contribution is 5.71. The number of aldehydes is 1. The van der Waals surface area contributed by atoms with Crippen LogP contribution in [0.3, 0.4) is 0 Å². The summed E-state index contributed by atoms with van der Waals surface area (Å²) >= 11 is 0. The minimum atomic E-state index is 0.662. The molecule has 84 valence electrons. The lowest BCUT2D eigenvalue weighted by Gasteiger charge is -2.14. The van der Waals surface area contributed by atoms with Gasteiger partial charge in [-0.05, 0) is 20.5 Å². The second-order valence-corrected chi connectivity index (χ2v) is 3.97. The summed E-state index contributed by atoms with van der Waals surface area (Å²) in [5, 5.41) is 0. The van der Waals surface area contributed by atoms with Crippen LogP contribution >= 0.6 is 0 Å². The van der Waals surface area contributed by atoms with E-state index >= 15 is 0 Å². The van der Waals surface area contributed by atoms with Gasteiger partial charge in [-0.2, -0.15) is 0 Å². The fourth-order valence-corrected chi connectivity index (χ4v) is 1.50. The van der Waals surface area contributed by atoms with Crippen LogP contribution in [0.15, 0.2) is 6.20 Å². The lowest BCUT2D eigenvalue weighted by atomic mass is 10.2. The molecule has 0 aromatic carbocycles. The molecule has 0 bridgehead atoms. The van der Waals surface area contributed by atoms with Crippen molar-refractivity contribution >= 4 is 6.29 Å². The molecule has 0 saturated carbocycles. The quantitative estimate of drug-likeness (QED) is 0.667. The van der Waals surface area contributed by atoms with Crippen LogP contribution in [-0.4, -0.2) is 34.8 Å². The molecular weight excluding hydrogens is 190 g/mol. The van der Waals surface area contributed by atoms with Gasteiger partial charge < -0.3 is 4.57 Å². The summed E-state index contributed by atoms with van der Waals surface area (Å²) < 4.78 is 1.97. The number of unbranched alkanes of at least 4 members (excludes halogenated alkanes) is 1. The number of hydrogen-bond donors (Lipinski definition) is 0. The van der Waals surface area contributed by atoms with Gasteiger partial charge in [0.25, 0.3) is 0 Å². The van der Waals surface area contributed by atoms with Crippen molar-refractivity contribution in [2.24, 2.45) is 0 Å². The Hall–Kier alpha value is -1.16. The fourth-order valence-electron chi connectivity index (χ4n) is 1.50. The molecule has 4 nitrogen and oxygen atoms in total. The second-order valence-electron chi connectivity index (χ2n) is 3.97. The second kappa shape index (κ2) is 5.66. The first-order valence-corrected chi connectivity index (χ1v) is 5.33. The summed E-state index contributed by atoms with van der Waals surface area (Å²) in [6, 6.07) is 0. The molecule has 1 aromatic heterocycles. The van der Waals surface area contributed by atoms with Crippen LogP contribution in [0.4, 0.5) is 0 Å². The molecule has 1 heterocycles. The van der Waals surface area contributed by atoms with Crippen molar-refractivity contribution in [2.75, 3.05) is 14.1 Å². The molecule has 0 atom stereocenters. The van der Waals surface area contributed by atoms with Gasteiger partial charge in [-0.1, -0.05) is 13.3 Å². The maximum absolute atomic E-state index is 10.8. The van der Waals surface area contributed by atoms with Crippen LogP contribution < -0.4 is 0 Å². The number of rotatable bonds is 6. The predicted octanol–water partition coefficient (Wildman–Crippen LogP) is 1.56. The third kappa shape index (κ3) is 3.16. The molecule has 0 unspecified atom stereocenters. The average molecular weight is 209 g/mol. The number of hydrogen-bond acceptors (Lipinski definition) is 3. The van der Waals surface area contributed by atoms with Crippen LogP contribution in [0.2, 0.25) is 0 Å². The van der Waals surface area contributed by atoms with E-state index in [1.807, 2.05) is 23.6 Å². The number of nitrogens with zero attached hydrogens (tertiary/aromatic N) is 3. The third-order valence-electron chi connectivity index (χ3n) is 2.27. The van der Waals surface area contributed by atoms with Crippen LogP contribution in [-0.2, 0) is 13.1 Å². The SMILES string of the molecule is CCCCc1ncc(C=O)n1CN(C)C. The molecule has 1 aromatic rings. The first kappa shape index (κ1) is 11.9. The molecule has 15 heavy (non-hydrogen) atoms. The number of carbonyl (C=O) groups excluding carboxylic acids is 1. The van der Waals surface area contributed by atoms with E-state index < -0.39 is 0 Å². The Morgan fingerprint density at radius 2 is 2.27 bits per heavy atom. The van der Waals surface area contributed by atoms with Crippen LogP contribution in [0.1, 0.15) is 36.1 Å². The minimum Gasteiger partial charge on any atom is -0.312 e. The lowest BCUT2D eigenvalue weighted by molar-refractivity contribution is 0.111. The molecular formula is C11H19N3O. The van der Waals surface area contributed by atoms with Crippen LogP contribution in [0, 0.1) is 0 Å². The maximum Gasteiger partial charge on any atom is 0.168 e. The molecule has 0 aliphatic rings. The number of carbonyl (C=O) groups is 1. The van der Waals surface area contributed by atoms with Crippen molar-refractivity contribution in [2.45, 2.75) is 32.9 Å². The van der Waals surface area contributed by atoms with Crippen molar-refractivity contribution < 1.29 is 4.79 Å². The highest BCUT2D eigenvalue weighted by Gasteiger charge is 2.09. The molecule has 0 fully saturated rings. The zero-order valence-electron chi connectivity index (χ0n) is 9.73. The van der Waals surface area contributed by atoms with E-state index in [1.54, 1.807) is 6.20 Å². The van der Waals surface area contributed by atoms with Gasteiger partial charge in [0.15, 0.2) is 6.29 Å². The van der Waals surface area contributed by atoms with E-state index in [-0.39, 0.29) is 0 Å². The molecule has 4 heteroatoms. The molecule has 1 rings (SSSR count). The number of aromatic nitrogens is 2. The summed E-state index contributed by atoms with van der Waals surface area (Å²) in [5.41, 5.74) is 0.662. The van der Waals surface area contributed by atoms with Crippen molar-refractivity contribution in [3.63, 3.8) is 0 Å². The van der Waals surface area contributed by atoms with Gasteiger partial charge in [0, 0.05) is 6.42 Å². The topological polar surface area (TPSA) is 38.1 Å². The van der Waals surface area contributed by atoms with E-state index in [9.17, 15) is 4.79 Å². The van der Waals surface area contributed by atoms with E-state index in [4.69, 9.17) is 0 Å². The van der Waals surface area contributed by atoms with Gasteiger partial charge in [0.1, 0.15) is 11.5 Å². The smallest absolute Gasteiger partial charge is 0.168 e. The van der Waals surface area contributed by atoms with Crippen molar-refractivity contribution in [3.05, 3.63) is 17.7 Å². The Morgan fingerprint density at radius 1 is 1.53 bits per heavy atom. The Morgan fingerprint density at radius 3 is 2.80 bits per heavy atom. The standard InChI is InChI=1S/C11H19N3O/c1-4-5-6-11-12-7-10(8-15)14(11)9-13(2)3/h7-8H,4-6,9H2,1-3H3. The summed E-state index contributed by atoms with van der Waals surface area (Å²) in [4.78, 5) is 17.1. The Labute approximate surface area is 90.9 Å². The molecule has 0 aliphatic heterocycles. The lowest BCUT2D eigenvalue weighted by Crippen LogP contribution is -2.20. The van der Waals surface area contributed by atoms with Gasteiger partial charge >= 0.3 is 0 Å². The molecule has 0 radical (unpaired) electrons. The number of imidazole rings is 1. The molecule has 0 amide bonds. The molecule has 0 saturated heterocycles. The fraction of sp³-hybridized carbons (Fsp3) is 0.636. The Balaban J connectivity index is 2.84. The molecule has 0 aliphatic carbocycles. The van der Waals surface area contributed by atoms with Gasteiger partial charge in [0.2, 0.25) is 0 Å². The van der Waals surface area contributed by atoms with Crippen molar-refractivity contribution in [1.29, 1.82) is 0 Å². The zero-order chi connectivity index (χ0) is 11.3. The highest BCUT2D eigenvalue weighted by Crippen LogP contribution is 2.07. The first-order valence-electron chi connectivity index (χ1n) is 5.33. The predicted molar refractivity (Wildman–Crippen MR) is 59.9 cm³/mol. The third-order valence-corrected chi connectivity index (χ3v) is 2.27. The van der Waals surface area contributed by atoms with E-state index in [0.717, 1.165) is 31.4 Å². The van der Waals surface area contributed by atoms with E-state index in [2.05, 4.69) is 11.9 Å². The van der Waals surface area contributed by atoms with Gasteiger partial charge in [0.05, 0.1) is 12.9 Å². The van der Waals surface area contributed by atoms with Crippen molar-refractivity contribution in [1.82, 2.24) is 14.5 Å².